The standard InChI is InChI=1S/C30H23F2N5O6/c1-4-13-36-30(40)37(19-8-5-17(31)6-9-19)29(39)27(35-36)28(38)34-18-7-10-24(21(32)14-18)43-23-11-12-33-22-16-26(42-3)25(41-2)15-20(22)23/h1,5-12,14-16,27,35H,13H2,2-3H3,(H,34,38). The third-order valence-corrected chi connectivity index (χ3v) is 6.40. The maximum absolute atomic E-state index is 15.2. The van der Waals surface area contributed by atoms with Crippen LogP contribution < -0.4 is 29.9 Å². The number of fused-ring (bicyclic) bond motifs is 1. The fourth-order valence-corrected chi connectivity index (χ4v) is 4.34. The maximum Gasteiger partial charge on any atom is 0.346 e. The molecule has 1 atom stereocenters. The summed E-state index contributed by atoms with van der Waals surface area (Å²) >= 11 is 0. The summed E-state index contributed by atoms with van der Waals surface area (Å²) in [7, 11) is 2.98. The number of aromatic nitrogens is 1. The number of pyridine rings is 1. The molecule has 1 aromatic heterocycles. The first-order chi connectivity index (χ1) is 20.7. The Hall–Kier alpha value is -5.74. The van der Waals surface area contributed by atoms with Gasteiger partial charge >= 0.3 is 6.03 Å². The number of amides is 4. The zero-order valence-electron chi connectivity index (χ0n) is 22.8. The van der Waals surface area contributed by atoms with Crippen LogP contribution in [-0.4, -0.2) is 54.6 Å². The van der Waals surface area contributed by atoms with E-state index in [4.69, 9.17) is 20.6 Å². The van der Waals surface area contributed by atoms with Crippen molar-refractivity contribution in [3.05, 3.63) is 78.5 Å². The van der Waals surface area contributed by atoms with Crippen LogP contribution in [-0.2, 0) is 9.59 Å². The molecular weight excluding hydrogens is 564 g/mol. The van der Waals surface area contributed by atoms with E-state index in [0.717, 1.165) is 23.2 Å². The quantitative estimate of drug-likeness (QED) is 0.232. The van der Waals surface area contributed by atoms with E-state index in [9.17, 15) is 18.8 Å². The van der Waals surface area contributed by atoms with Crippen molar-refractivity contribution in [2.24, 2.45) is 0 Å². The zero-order chi connectivity index (χ0) is 30.7. The van der Waals surface area contributed by atoms with E-state index < -0.39 is 35.5 Å². The second-order valence-electron chi connectivity index (χ2n) is 9.05. The lowest BCUT2D eigenvalue weighted by atomic mass is 10.1. The summed E-state index contributed by atoms with van der Waals surface area (Å²) in [5.41, 5.74) is 3.06. The molecule has 0 spiro atoms. The van der Waals surface area contributed by atoms with Crippen LogP contribution in [0.2, 0.25) is 0 Å². The van der Waals surface area contributed by atoms with E-state index in [2.05, 4.69) is 21.6 Å². The Morgan fingerprint density at radius 1 is 1.00 bits per heavy atom. The number of anilines is 2. The molecule has 5 rings (SSSR count). The average molecular weight is 588 g/mol. The van der Waals surface area contributed by atoms with Gasteiger partial charge in [-0.15, -0.1) is 6.42 Å². The summed E-state index contributed by atoms with van der Waals surface area (Å²) in [6.07, 6.45) is 6.84. The molecule has 1 aliphatic heterocycles. The summed E-state index contributed by atoms with van der Waals surface area (Å²) < 4.78 is 45.1. The molecule has 0 radical (unpaired) electrons. The molecule has 0 aliphatic carbocycles. The van der Waals surface area contributed by atoms with Crippen molar-refractivity contribution < 1.29 is 37.4 Å². The van der Waals surface area contributed by atoms with Crippen LogP contribution in [0.1, 0.15) is 0 Å². The van der Waals surface area contributed by atoms with Gasteiger partial charge in [0.1, 0.15) is 11.6 Å². The van der Waals surface area contributed by atoms with Gasteiger partial charge in [-0.25, -0.2) is 28.9 Å². The fraction of sp³-hybridized carbons (Fsp3) is 0.133. The topological polar surface area (TPSA) is 122 Å². The number of rotatable bonds is 8. The van der Waals surface area contributed by atoms with Crippen LogP contribution in [0.5, 0.6) is 23.0 Å². The molecule has 1 aliphatic rings. The number of carbonyl (C=O) groups is 3. The zero-order valence-corrected chi connectivity index (χ0v) is 22.8. The molecule has 1 unspecified atom stereocenters. The normalized spacial score (nSPS) is 14.8. The van der Waals surface area contributed by atoms with Gasteiger partial charge in [-0.2, -0.15) is 0 Å². The number of hydrogen-bond donors (Lipinski definition) is 2. The van der Waals surface area contributed by atoms with Gasteiger partial charge in [0, 0.05) is 29.4 Å². The molecule has 0 saturated carbocycles. The second-order valence-corrected chi connectivity index (χ2v) is 9.05. The number of hydrazine groups is 1. The Kier molecular flexibility index (Phi) is 8.04. The molecule has 3 aromatic carbocycles. The number of hydrogen-bond acceptors (Lipinski definition) is 8. The number of benzene rings is 3. The maximum atomic E-state index is 15.2. The van der Waals surface area contributed by atoms with Gasteiger partial charge in [0.05, 0.1) is 32.0 Å². The monoisotopic (exact) mass is 587 g/mol. The van der Waals surface area contributed by atoms with Crippen molar-refractivity contribution >= 4 is 40.1 Å². The molecule has 4 aromatic rings. The largest absolute Gasteiger partial charge is 0.493 e. The van der Waals surface area contributed by atoms with E-state index in [1.54, 1.807) is 18.2 Å². The first-order valence-corrected chi connectivity index (χ1v) is 12.6. The summed E-state index contributed by atoms with van der Waals surface area (Å²) in [6.45, 7) is -0.281. The number of halogens is 2. The van der Waals surface area contributed by atoms with Crippen LogP contribution in [0, 0.1) is 24.0 Å². The van der Waals surface area contributed by atoms with Crippen LogP contribution in [0.15, 0.2) is 66.9 Å². The average Bonchev–Trinajstić information content (AvgIpc) is 3.00. The van der Waals surface area contributed by atoms with Crippen LogP contribution >= 0.6 is 0 Å². The highest BCUT2D eigenvalue weighted by Gasteiger charge is 2.43. The number of imide groups is 1. The predicted octanol–water partition coefficient (Wildman–Crippen LogP) is 4.24. The number of urea groups is 1. The van der Waals surface area contributed by atoms with E-state index in [-0.39, 0.29) is 29.4 Å². The minimum Gasteiger partial charge on any atom is -0.493 e. The summed E-state index contributed by atoms with van der Waals surface area (Å²) in [5, 5.41) is 3.89. The lowest BCUT2D eigenvalue weighted by Crippen LogP contribution is -2.68. The van der Waals surface area contributed by atoms with Gasteiger partial charge in [-0.1, -0.05) is 5.92 Å². The molecule has 218 valence electrons. The fourth-order valence-electron chi connectivity index (χ4n) is 4.34. The number of methoxy groups -OCH3 is 2. The lowest BCUT2D eigenvalue weighted by molar-refractivity contribution is -0.130. The van der Waals surface area contributed by atoms with E-state index in [0.29, 0.717) is 27.3 Å². The summed E-state index contributed by atoms with van der Waals surface area (Å²) in [4.78, 5) is 44.3. The molecule has 2 heterocycles. The smallest absolute Gasteiger partial charge is 0.346 e. The minimum atomic E-state index is -1.62. The molecule has 1 saturated heterocycles. The first-order valence-electron chi connectivity index (χ1n) is 12.6. The molecule has 11 nitrogen and oxygen atoms in total. The van der Waals surface area contributed by atoms with E-state index in [1.165, 1.54) is 44.7 Å². The highest BCUT2D eigenvalue weighted by atomic mass is 19.1. The van der Waals surface area contributed by atoms with Gasteiger partial charge in [-0.3, -0.25) is 14.6 Å². The van der Waals surface area contributed by atoms with Crippen molar-refractivity contribution in [2.45, 2.75) is 6.04 Å². The van der Waals surface area contributed by atoms with Gasteiger partial charge in [0.2, 0.25) is 0 Å². The van der Waals surface area contributed by atoms with Crippen molar-refractivity contribution in [2.75, 3.05) is 31.0 Å². The molecular formula is C30H23F2N5O6. The van der Waals surface area contributed by atoms with Gasteiger partial charge in [-0.05, 0) is 48.5 Å². The Morgan fingerprint density at radius 3 is 2.40 bits per heavy atom. The van der Waals surface area contributed by atoms with Gasteiger partial charge in [0.15, 0.2) is 29.1 Å². The van der Waals surface area contributed by atoms with Crippen molar-refractivity contribution in [1.29, 1.82) is 0 Å². The third kappa shape index (κ3) is 5.72. The Balaban J connectivity index is 1.36. The number of ether oxygens (including phenoxy) is 3. The molecule has 13 heteroatoms. The number of nitrogens with zero attached hydrogens (tertiary/aromatic N) is 3. The van der Waals surface area contributed by atoms with Crippen LogP contribution in [0.25, 0.3) is 10.9 Å². The highest BCUT2D eigenvalue weighted by Crippen LogP contribution is 2.37. The SMILES string of the molecule is C#CCN1NC(C(=O)Nc2ccc(Oc3ccnc4cc(OC)c(OC)cc34)c(F)c2)C(=O)N(c2ccc(F)cc2)C1=O. The molecule has 1 fully saturated rings. The van der Waals surface area contributed by atoms with Crippen molar-refractivity contribution in [3.8, 4) is 35.3 Å². The summed E-state index contributed by atoms with van der Waals surface area (Å²) in [5.74, 6) is 0.0435. The number of terminal acetylenes is 1. The first kappa shape index (κ1) is 28.8. The Morgan fingerprint density at radius 2 is 1.72 bits per heavy atom. The van der Waals surface area contributed by atoms with Crippen LogP contribution in [0.3, 0.4) is 0 Å². The summed E-state index contributed by atoms with van der Waals surface area (Å²) in [6, 6.07) is 10.6. The lowest BCUT2D eigenvalue weighted by Gasteiger charge is -2.37. The van der Waals surface area contributed by atoms with E-state index in [1.807, 2.05) is 0 Å². The molecule has 0 bridgehead atoms. The molecule has 4 amide bonds. The predicted molar refractivity (Wildman–Crippen MR) is 152 cm³/mol. The van der Waals surface area contributed by atoms with Gasteiger partial charge < -0.3 is 19.5 Å². The van der Waals surface area contributed by atoms with Gasteiger partial charge in [0.25, 0.3) is 11.8 Å². The third-order valence-electron chi connectivity index (χ3n) is 6.40. The number of nitrogens with one attached hydrogen (secondary N) is 2. The van der Waals surface area contributed by atoms with Crippen LogP contribution in [0.4, 0.5) is 25.0 Å². The highest BCUT2D eigenvalue weighted by molar-refractivity contribution is 6.25. The van der Waals surface area contributed by atoms with Crippen molar-refractivity contribution in [3.63, 3.8) is 0 Å². The van der Waals surface area contributed by atoms with E-state index >= 15 is 4.39 Å². The molecule has 43 heavy (non-hydrogen) atoms. The second kappa shape index (κ2) is 12.0. The Labute approximate surface area is 243 Å². The Bertz CT molecular complexity index is 1780. The molecule has 2 N–H and O–H groups in total. The van der Waals surface area contributed by atoms with Crippen molar-refractivity contribution in [1.82, 2.24) is 15.4 Å². The minimum absolute atomic E-state index is 0.00386. The number of carbonyl (C=O) groups excluding carboxylic acids is 3.